The minimum Gasteiger partial charge on any atom is -0.461 e. The van der Waals surface area contributed by atoms with Gasteiger partial charge in [0.15, 0.2) is 5.69 Å². The van der Waals surface area contributed by atoms with Crippen LogP contribution in [0, 0.1) is 0 Å². The number of esters is 1. The normalized spacial score (nSPS) is 19.5. The number of piperidine rings is 1. The molecule has 1 aliphatic heterocycles. The van der Waals surface area contributed by atoms with E-state index in [2.05, 4.69) is 10.3 Å². The van der Waals surface area contributed by atoms with Crippen LogP contribution in [0.15, 0.2) is 5.38 Å². The van der Waals surface area contributed by atoms with E-state index in [1.807, 2.05) is 0 Å². The van der Waals surface area contributed by atoms with Crippen LogP contribution in [-0.2, 0) is 4.74 Å². The standard InChI is InChI=1S/C11H16N2O2S.BrH/c1-2-15-11(14)9-7-16-10(13-9)8-4-3-5-12-6-8;/h7-8,12H,2-6H2,1H3;1H. The molecular formula is C11H17BrN2O2S. The summed E-state index contributed by atoms with van der Waals surface area (Å²) in [5, 5.41) is 6.19. The van der Waals surface area contributed by atoms with Gasteiger partial charge in [-0.15, -0.1) is 28.3 Å². The molecule has 1 fully saturated rings. The van der Waals surface area contributed by atoms with Gasteiger partial charge in [0.2, 0.25) is 0 Å². The van der Waals surface area contributed by atoms with Gasteiger partial charge in [-0.25, -0.2) is 9.78 Å². The van der Waals surface area contributed by atoms with Crippen molar-refractivity contribution in [2.75, 3.05) is 19.7 Å². The van der Waals surface area contributed by atoms with Crippen molar-refractivity contribution in [2.24, 2.45) is 0 Å². The van der Waals surface area contributed by atoms with Crippen LogP contribution in [0.5, 0.6) is 0 Å². The van der Waals surface area contributed by atoms with E-state index >= 15 is 0 Å². The second-order valence-electron chi connectivity index (χ2n) is 3.83. The molecular weight excluding hydrogens is 304 g/mol. The van der Waals surface area contributed by atoms with Crippen LogP contribution in [-0.4, -0.2) is 30.6 Å². The van der Waals surface area contributed by atoms with E-state index in [4.69, 9.17) is 4.74 Å². The van der Waals surface area contributed by atoms with Crippen LogP contribution in [0.2, 0.25) is 0 Å². The molecule has 0 aromatic carbocycles. The topological polar surface area (TPSA) is 51.2 Å². The van der Waals surface area contributed by atoms with Gasteiger partial charge in [0, 0.05) is 17.8 Å². The van der Waals surface area contributed by atoms with Gasteiger partial charge in [-0.2, -0.15) is 0 Å². The number of halogens is 1. The number of ether oxygens (including phenoxy) is 1. The molecule has 1 aromatic rings. The number of nitrogens with one attached hydrogen (secondary N) is 1. The first-order chi connectivity index (χ1) is 7.81. The number of carbonyl (C=O) groups is 1. The lowest BCUT2D eigenvalue weighted by Gasteiger charge is -2.20. The maximum absolute atomic E-state index is 11.4. The molecule has 1 atom stereocenters. The van der Waals surface area contributed by atoms with E-state index in [1.165, 1.54) is 6.42 Å². The number of thiazole rings is 1. The molecule has 1 aromatic heterocycles. The molecule has 0 spiro atoms. The van der Waals surface area contributed by atoms with Gasteiger partial charge in [0.1, 0.15) is 0 Å². The molecule has 0 bridgehead atoms. The Bertz CT molecular complexity index is 364. The maximum atomic E-state index is 11.4. The first-order valence-corrected chi connectivity index (χ1v) is 6.52. The third-order valence-corrected chi connectivity index (χ3v) is 3.66. The van der Waals surface area contributed by atoms with Gasteiger partial charge in [0.25, 0.3) is 0 Å². The lowest BCUT2D eigenvalue weighted by Crippen LogP contribution is -2.28. The number of aromatic nitrogens is 1. The minimum absolute atomic E-state index is 0. The fourth-order valence-electron chi connectivity index (χ4n) is 1.84. The number of hydrogen-bond acceptors (Lipinski definition) is 5. The van der Waals surface area contributed by atoms with Crippen LogP contribution in [0.3, 0.4) is 0 Å². The zero-order chi connectivity index (χ0) is 11.4. The quantitative estimate of drug-likeness (QED) is 0.869. The van der Waals surface area contributed by atoms with E-state index in [0.29, 0.717) is 18.2 Å². The van der Waals surface area contributed by atoms with Gasteiger partial charge in [-0.05, 0) is 26.3 Å². The Morgan fingerprint density at radius 1 is 1.71 bits per heavy atom. The van der Waals surface area contributed by atoms with Crippen LogP contribution < -0.4 is 5.32 Å². The third-order valence-electron chi connectivity index (χ3n) is 2.65. The van der Waals surface area contributed by atoms with Crippen LogP contribution in [0.25, 0.3) is 0 Å². The number of rotatable bonds is 3. The van der Waals surface area contributed by atoms with Crippen molar-refractivity contribution in [2.45, 2.75) is 25.7 Å². The summed E-state index contributed by atoms with van der Waals surface area (Å²) in [6.07, 6.45) is 2.34. The minimum atomic E-state index is -0.311. The van der Waals surface area contributed by atoms with Crippen LogP contribution >= 0.6 is 28.3 Å². The summed E-state index contributed by atoms with van der Waals surface area (Å²) in [5.74, 6) is 0.149. The SMILES string of the molecule is Br.CCOC(=O)c1csc(C2CCCNC2)n1. The lowest BCUT2D eigenvalue weighted by molar-refractivity contribution is 0.0520. The molecule has 1 N–H and O–H groups in total. The van der Waals surface area contributed by atoms with E-state index in [9.17, 15) is 4.79 Å². The Kier molecular flexibility index (Phi) is 6.08. The smallest absolute Gasteiger partial charge is 0.357 e. The molecule has 96 valence electrons. The first kappa shape index (κ1) is 14.6. The van der Waals surface area contributed by atoms with Crippen molar-refractivity contribution < 1.29 is 9.53 Å². The predicted molar refractivity (Wildman–Crippen MR) is 73.2 cm³/mol. The molecule has 6 heteroatoms. The highest BCUT2D eigenvalue weighted by molar-refractivity contribution is 8.93. The second kappa shape index (κ2) is 7.08. The molecule has 2 rings (SSSR count). The zero-order valence-electron chi connectivity index (χ0n) is 9.77. The number of hydrogen-bond donors (Lipinski definition) is 1. The van der Waals surface area contributed by atoms with E-state index < -0.39 is 0 Å². The van der Waals surface area contributed by atoms with Crippen molar-refractivity contribution in [1.29, 1.82) is 0 Å². The summed E-state index contributed by atoms with van der Waals surface area (Å²) >= 11 is 1.56. The van der Waals surface area contributed by atoms with Gasteiger partial charge >= 0.3 is 5.97 Å². The average Bonchev–Trinajstić information content (AvgIpc) is 2.80. The Hall–Kier alpha value is -0.460. The summed E-state index contributed by atoms with van der Waals surface area (Å²) in [5.41, 5.74) is 0.451. The van der Waals surface area contributed by atoms with Gasteiger partial charge in [-0.1, -0.05) is 0 Å². The highest BCUT2D eigenvalue weighted by Crippen LogP contribution is 2.26. The molecule has 0 radical (unpaired) electrons. The average molecular weight is 321 g/mol. The van der Waals surface area contributed by atoms with E-state index in [0.717, 1.165) is 24.5 Å². The van der Waals surface area contributed by atoms with Crippen LogP contribution in [0.1, 0.15) is 41.2 Å². The van der Waals surface area contributed by atoms with Crippen LogP contribution in [0.4, 0.5) is 0 Å². The number of carbonyl (C=O) groups excluding carboxylic acids is 1. The maximum Gasteiger partial charge on any atom is 0.357 e. The van der Waals surface area contributed by atoms with Crippen molar-refractivity contribution in [3.8, 4) is 0 Å². The highest BCUT2D eigenvalue weighted by atomic mass is 79.9. The molecule has 0 amide bonds. The Labute approximate surface area is 116 Å². The molecule has 1 aliphatic rings. The molecule has 0 aliphatic carbocycles. The highest BCUT2D eigenvalue weighted by Gasteiger charge is 2.20. The van der Waals surface area contributed by atoms with Crippen molar-refractivity contribution >= 4 is 34.3 Å². The van der Waals surface area contributed by atoms with Crippen molar-refractivity contribution in [1.82, 2.24) is 10.3 Å². The molecule has 1 saturated heterocycles. The molecule has 4 nitrogen and oxygen atoms in total. The molecule has 1 unspecified atom stereocenters. The Balaban J connectivity index is 0.00000144. The Morgan fingerprint density at radius 3 is 3.18 bits per heavy atom. The summed E-state index contributed by atoms with van der Waals surface area (Å²) in [7, 11) is 0. The monoisotopic (exact) mass is 320 g/mol. The predicted octanol–water partition coefficient (Wildman–Crippen LogP) is 2.36. The molecule has 2 heterocycles. The second-order valence-corrected chi connectivity index (χ2v) is 4.72. The fraction of sp³-hybridized carbons (Fsp3) is 0.636. The summed E-state index contributed by atoms with van der Waals surface area (Å²) in [6, 6.07) is 0. The lowest BCUT2D eigenvalue weighted by atomic mass is 10.0. The third kappa shape index (κ3) is 3.76. The van der Waals surface area contributed by atoms with Gasteiger partial charge in [0.05, 0.1) is 11.6 Å². The Morgan fingerprint density at radius 2 is 2.53 bits per heavy atom. The van der Waals surface area contributed by atoms with E-state index in [1.54, 1.807) is 23.6 Å². The van der Waals surface area contributed by atoms with Gasteiger partial charge in [-0.3, -0.25) is 0 Å². The summed E-state index contributed by atoms with van der Waals surface area (Å²) in [6.45, 7) is 4.26. The van der Waals surface area contributed by atoms with Crippen molar-refractivity contribution in [3.63, 3.8) is 0 Å². The van der Waals surface area contributed by atoms with Crippen molar-refractivity contribution in [3.05, 3.63) is 16.1 Å². The fourth-order valence-corrected chi connectivity index (χ4v) is 2.76. The largest absolute Gasteiger partial charge is 0.461 e. The first-order valence-electron chi connectivity index (χ1n) is 5.64. The van der Waals surface area contributed by atoms with Gasteiger partial charge < -0.3 is 10.1 Å². The molecule has 17 heavy (non-hydrogen) atoms. The summed E-state index contributed by atoms with van der Waals surface area (Å²) < 4.78 is 4.92. The summed E-state index contributed by atoms with van der Waals surface area (Å²) in [4.78, 5) is 15.8. The zero-order valence-corrected chi connectivity index (χ0v) is 12.3. The number of nitrogens with zero attached hydrogens (tertiary/aromatic N) is 1. The molecule has 0 saturated carbocycles. The van der Waals surface area contributed by atoms with E-state index in [-0.39, 0.29) is 23.0 Å².